The van der Waals surface area contributed by atoms with E-state index in [0.717, 1.165) is 32.1 Å². The topological polar surface area (TPSA) is 81.8 Å². The Morgan fingerprint density at radius 1 is 0.828 bits per heavy atom. The van der Waals surface area contributed by atoms with E-state index in [-0.39, 0.29) is 16.7 Å². The van der Waals surface area contributed by atoms with Crippen molar-refractivity contribution in [2.45, 2.75) is 137 Å². The van der Waals surface area contributed by atoms with Crippen LogP contribution in [0.4, 0.5) is 0 Å². The van der Waals surface area contributed by atoms with Crippen LogP contribution in [-0.4, -0.2) is 40.0 Å². The Kier molecular flexibility index (Phi) is 10.4. The molecule has 0 aromatic heterocycles. The largest absolute Gasteiger partial charge is 0.481 e. The summed E-state index contributed by atoms with van der Waals surface area (Å²) in [6.45, 7) is 21.0. The molecule has 174 valence electrons. The first-order chi connectivity index (χ1) is 13.0. The van der Waals surface area contributed by atoms with Gasteiger partial charge in [-0.2, -0.15) is 0 Å². The molecule has 0 aliphatic heterocycles. The molecule has 3 N–H and O–H groups in total. The third-order valence-corrected chi connectivity index (χ3v) is 6.81. The Morgan fingerprint density at radius 2 is 1.34 bits per heavy atom. The number of aliphatic carboxylic acids is 1. The first kappa shape index (κ1) is 28.4. The maximum absolute atomic E-state index is 11.8. The van der Waals surface area contributed by atoms with E-state index in [9.17, 15) is 9.90 Å². The highest BCUT2D eigenvalue weighted by Crippen LogP contribution is 2.40. The first-order valence-corrected chi connectivity index (χ1v) is 11.4. The molecular weight excluding hydrogens is 366 g/mol. The molecule has 0 aliphatic rings. The smallest absolute Gasteiger partial charge is 0.309 e. The van der Waals surface area contributed by atoms with E-state index >= 15 is 0 Å². The minimum absolute atomic E-state index is 0.240. The number of hydrogen-bond donors (Lipinski definition) is 2. The summed E-state index contributed by atoms with van der Waals surface area (Å²) in [6, 6.07) is 0. The second-order valence-electron chi connectivity index (χ2n) is 10.6. The van der Waals surface area contributed by atoms with Crippen molar-refractivity contribution < 1.29 is 19.4 Å². The molecule has 0 heterocycles. The summed E-state index contributed by atoms with van der Waals surface area (Å²) < 4.78 is 12.9. The SMILES string of the molecule is CCC(C)(N)CC(C)(C)OCCC(C)(CC)OC(C)(CC)CC(C)(CC)C(=O)O. The van der Waals surface area contributed by atoms with Crippen molar-refractivity contribution in [3.05, 3.63) is 0 Å². The van der Waals surface area contributed by atoms with Crippen LogP contribution in [0.5, 0.6) is 0 Å². The lowest BCUT2D eigenvalue weighted by molar-refractivity contribution is -0.181. The number of carboxylic acids is 1. The van der Waals surface area contributed by atoms with E-state index in [4.69, 9.17) is 15.2 Å². The molecule has 4 unspecified atom stereocenters. The van der Waals surface area contributed by atoms with Gasteiger partial charge in [0.2, 0.25) is 0 Å². The summed E-state index contributed by atoms with van der Waals surface area (Å²) in [5.74, 6) is -0.757. The fraction of sp³-hybridized carbons (Fsp3) is 0.958. The predicted octanol–water partition coefficient (Wildman–Crippen LogP) is 5.93. The number of rotatable bonds is 15. The summed E-state index contributed by atoms with van der Waals surface area (Å²) in [7, 11) is 0. The fourth-order valence-corrected chi connectivity index (χ4v) is 4.00. The van der Waals surface area contributed by atoms with Crippen LogP contribution in [-0.2, 0) is 14.3 Å². The molecule has 0 aliphatic carbocycles. The number of carbonyl (C=O) groups is 1. The molecule has 0 saturated heterocycles. The highest BCUT2D eigenvalue weighted by atomic mass is 16.5. The minimum Gasteiger partial charge on any atom is -0.481 e. The maximum Gasteiger partial charge on any atom is 0.309 e. The van der Waals surface area contributed by atoms with E-state index in [0.29, 0.717) is 19.4 Å². The van der Waals surface area contributed by atoms with E-state index in [1.54, 1.807) is 0 Å². The van der Waals surface area contributed by atoms with Gasteiger partial charge in [-0.3, -0.25) is 4.79 Å². The third-order valence-electron chi connectivity index (χ3n) is 6.81. The zero-order chi connectivity index (χ0) is 23.1. The lowest BCUT2D eigenvalue weighted by Crippen LogP contribution is -2.46. The monoisotopic (exact) mass is 415 g/mol. The van der Waals surface area contributed by atoms with Crippen LogP contribution in [0.3, 0.4) is 0 Å². The van der Waals surface area contributed by atoms with E-state index in [1.807, 2.05) is 20.8 Å². The maximum atomic E-state index is 11.8. The van der Waals surface area contributed by atoms with E-state index < -0.39 is 17.0 Å². The molecule has 0 amide bonds. The van der Waals surface area contributed by atoms with Crippen LogP contribution in [0.15, 0.2) is 0 Å². The predicted molar refractivity (Wildman–Crippen MR) is 121 cm³/mol. The number of hydrogen-bond acceptors (Lipinski definition) is 4. The molecule has 29 heavy (non-hydrogen) atoms. The number of nitrogens with two attached hydrogens (primary N) is 1. The highest BCUT2D eigenvalue weighted by Gasteiger charge is 2.42. The van der Waals surface area contributed by atoms with Gasteiger partial charge in [-0.1, -0.05) is 27.7 Å². The molecule has 0 aromatic rings. The molecule has 5 heteroatoms. The minimum atomic E-state index is -0.788. The molecule has 0 rings (SSSR count). The van der Waals surface area contributed by atoms with Gasteiger partial charge in [0.1, 0.15) is 0 Å². The third kappa shape index (κ3) is 9.35. The fourth-order valence-electron chi connectivity index (χ4n) is 4.00. The molecule has 0 fully saturated rings. The lowest BCUT2D eigenvalue weighted by Gasteiger charge is -2.43. The second kappa shape index (κ2) is 10.6. The van der Waals surface area contributed by atoms with E-state index in [2.05, 4.69) is 48.5 Å². The van der Waals surface area contributed by atoms with Gasteiger partial charge >= 0.3 is 5.97 Å². The summed E-state index contributed by atoms with van der Waals surface area (Å²) in [4.78, 5) is 11.8. The summed E-state index contributed by atoms with van der Waals surface area (Å²) in [6.07, 6.45) is 5.13. The molecule has 0 saturated carbocycles. The Hall–Kier alpha value is -0.650. The average molecular weight is 416 g/mol. The van der Waals surface area contributed by atoms with Crippen molar-refractivity contribution >= 4 is 5.97 Å². The van der Waals surface area contributed by atoms with Gasteiger partial charge in [0.25, 0.3) is 0 Å². The molecule has 4 atom stereocenters. The van der Waals surface area contributed by atoms with Crippen molar-refractivity contribution in [1.29, 1.82) is 0 Å². The van der Waals surface area contributed by atoms with Crippen molar-refractivity contribution in [3.63, 3.8) is 0 Å². The van der Waals surface area contributed by atoms with Crippen molar-refractivity contribution in [1.82, 2.24) is 0 Å². The highest BCUT2D eigenvalue weighted by molar-refractivity contribution is 5.74. The molecule has 0 radical (unpaired) electrons. The summed E-state index contributed by atoms with van der Waals surface area (Å²) in [5.41, 5.74) is 4.13. The van der Waals surface area contributed by atoms with Crippen molar-refractivity contribution in [2.75, 3.05) is 6.61 Å². The first-order valence-electron chi connectivity index (χ1n) is 11.4. The van der Waals surface area contributed by atoms with Gasteiger partial charge in [-0.25, -0.2) is 0 Å². The normalized spacial score (nSPS) is 20.9. The van der Waals surface area contributed by atoms with Crippen molar-refractivity contribution in [3.8, 4) is 0 Å². The van der Waals surface area contributed by atoms with Crippen LogP contribution in [0, 0.1) is 5.41 Å². The standard InChI is InChI=1S/C24H49NO4/c1-11-21(7,19(26)27)18-24(10,14-4)29-23(9,13-3)15-16-28-20(5,6)17-22(8,25)12-2/h11-18,25H2,1-10H3,(H,26,27). The van der Waals surface area contributed by atoms with Crippen LogP contribution >= 0.6 is 0 Å². The molecule has 0 bridgehead atoms. The van der Waals surface area contributed by atoms with Gasteiger partial charge in [-0.05, 0) is 86.5 Å². The van der Waals surface area contributed by atoms with Crippen molar-refractivity contribution in [2.24, 2.45) is 11.1 Å². The molecule has 0 spiro atoms. The molecule has 0 aromatic carbocycles. The Balaban J connectivity index is 5.13. The summed E-state index contributed by atoms with van der Waals surface area (Å²) in [5, 5.41) is 9.71. The molecule has 5 nitrogen and oxygen atoms in total. The Labute approximate surface area is 180 Å². The second-order valence-corrected chi connectivity index (χ2v) is 10.6. The summed E-state index contributed by atoms with van der Waals surface area (Å²) >= 11 is 0. The zero-order valence-electron chi connectivity index (χ0n) is 20.9. The Bertz CT molecular complexity index is 519. The van der Waals surface area contributed by atoms with Crippen LogP contribution in [0.1, 0.15) is 114 Å². The van der Waals surface area contributed by atoms with Gasteiger partial charge in [0.15, 0.2) is 0 Å². The van der Waals surface area contributed by atoms with Gasteiger partial charge in [-0.15, -0.1) is 0 Å². The van der Waals surface area contributed by atoms with Gasteiger partial charge in [0.05, 0.1) is 28.8 Å². The average Bonchev–Trinajstić information content (AvgIpc) is 2.60. The van der Waals surface area contributed by atoms with Crippen LogP contribution in [0.2, 0.25) is 0 Å². The zero-order valence-corrected chi connectivity index (χ0v) is 20.9. The number of carboxylic acid groups (broad SMARTS) is 1. The van der Waals surface area contributed by atoms with Crippen LogP contribution < -0.4 is 5.73 Å². The van der Waals surface area contributed by atoms with Gasteiger partial charge < -0.3 is 20.3 Å². The van der Waals surface area contributed by atoms with Gasteiger partial charge in [0, 0.05) is 5.54 Å². The Morgan fingerprint density at radius 3 is 1.72 bits per heavy atom. The quantitative estimate of drug-likeness (QED) is 0.346. The lowest BCUT2D eigenvalue weighted by atomic mass is 9.76. The molecular formula is C24H49NO4. The number of ether oxygens (including phenoxy) is 2. The van der Waals surface area contributed by atoms with Crippen LogP contribution in [0.25, 0.3) is 0 Å². The van der Waals surface area contributed by atoms with E-state index in [1.165, 1.54) is 0 Å².